The van der Waals surface area contributed by atoms with Crippen LogP contribution in [0.2, 0.25) is 19.6 Å². The number of benzene rings is 2. The molecule has 0 spiro atoms. The largest absolute Gasteiger partial charge is 0.264 e. The summed E-state index contributed by atoms with van der Waals surface area (Å²) in [4.78, 5) is 4.18. The summed E-state index contributed by atoms with van der Waals surface area (Å²) in [5, 5.41) is 1.50. The third-order valence-electron chi connectivity index (χ3n) is 3.94. The first-order chi connectivity index (χ1) is 10.5. The van der Waals surface area contributed by atoms with Crippen molar-refractivity contribution in [3.05, 3.63) is 73.1 Å². The van der Waals surface area contributed by atoms with Crippen LogP contribution in [-0.4, -0.2) is 13.1 Å². The molecular weight excluding hydrogens is 282 g/mol. The fourth-order valence-electron chi connectivity index (χ4n) is 2.55. The average Bonchev–Trinajstić information content (AvgIpc) is 2.55. The first-order valence-electron chi connectivity index (χ1n) is 7.65. The molecule has 2 aromatic carbocycles. The lowest BCUT2D eigenvalue weighted by Gasteiger charge is -2.17. The average molecular weight is 303 g/mol. The second kappa shape index (κ2) is 5.89. The summed E-state index contributed by atoms with van der Waals surface area (Å²) in [6.45, 7) is 7.16. The van der Waals surface area contributed by atoms with Crippen LogP contribution in [0.1, 0.15) is 0 Å². The Bertz CT molecular complexity index is 756. The van der Waals surface area contributed by atoms with Gasteiger partial charge in [0.1, 0.15) is 0 Å². The molecule has 0 saturated carbocycles. The quantitative estimate of drug-likeness (QED) is 0.623. The van der Waals surface area contributed by atoms with E-state index in [2.05, 4.69) is 79.2 Å². The minimum absolute atomic E-state index is 1.16. The van der Waals surface area contributed by atoms with Crippen LogP contribution in [0.3, 0.4) is 0 Å². The molecule has 3 aromatic rings. The van der Waals surface area contributed by atoms with Gasteiger partial charge in [0.05, 0.1) is 8.07 Å². The van der Waals surface area contributed by atoms with E-state index < -0.39 is 8.07 Å². The van der Waals surface area contributed by atoms with Crippen molar-refractivity contribution in [2.24, 2.45) is 0 Å². The van der Waals surface area contributed by atoms with Crippen LogP contribution >= 0.6 is 0 Å². The van der Waals surface area contributed by atoms with E-state index in [1.807, 2.05) is 12.3 Å². The van der Waals surface area contributed by atoms with Crippen molar-refractivity contribution in [3.63, 3.8) is 0 Å². The maximum atomic E-state index is 4.18. The molecule has 3 rings (SSSR count). The van der Waals surface area contributed by atoms with E-state index in [-0.39, 0.29) is 0 Å². The summed E-state index contributed by atoms with van der Waals surface area (Å²) < 4.78 is 0. The Morgan fingerprint density at radius 1 is 0.682 bits per heavy atom. The van der Waals surface area contributed by atoms with E-state index in [1.165, 1.54) is 21.9 Å². The van der Waals surface area contributed by atoms with Crippen molar-refractivity contribution in [2.75, 3.05) is 0 Å². The van der Waals surface area contributed by atoms with Gasteiger partial charge in [0.2, 0.25) is 0 Å². The van der Waals surface area contributed by atoms with Gasteiger partial charge in [0.15, 0.2) is 0 Å². The molecule has 0 aliphatic carbocycles. The molecule has 0 atom stereocenters. The lowest BCUT2D eigenvalue weighted by molar-refractivity contribution is 1.33. The van der Waals surface area contributed by atoms with Crippen molar-refractivity contribution in [1.82, 2.24) is 4.98 Å². The molecule has 0 aliphatic rings. The number of rotatable bonds is 3. The van der Waals surface area contributed by atoms with Crippen LogP contribution < -0.4 is 5.19 Å². The zero-order chi connectivity index (χ0) is 15.6. The zero-order valence-corrected chi connectivity index (χ0v) is 14.4. The van der Waals surface area contributed by atoms with Gasteiger partial charge < -0.3 is 0 Å². The van der Waals surface area contributed by atoms with Gasteiger partial charge in [-0.25, -0.2) is 0 Å². The van der Waals surface area contributed by atoms with Gasteiger partial charge in [-0.1, -0.05) is 79.4 Å². The second-order valence-corrected chi connectivity index (χ2v) is 11.7. The molecule has 110 valence electrons. The lowest BCUT2D eigenvalue weighted by Crippen LogP contribution is -2.37. The molecule has 0 N–H and O–H groups in total. The first kappa shape index (κ1) is 14.7. The molecular formula is C20H21NSi. The van der Waals surface area contributed by atoms with Crippen LogP contribution in [0.4, 0.5) is 0 Å². The van der Waals surface area contributed by atoms with Crippen LogP contribution in [0, 0.1) is 0 Å². The first-order valence-corrected chi connectivity index (χ1v) is 11.2. The number of nitrogens with zero attached hydrogens (tertiary/aromatic N) is 1. The van der Waals surface area contributed by atoms with Crippen LogP contribution in [-0.2, 0) is 0 Å². The summed E-state index contributed by atoms with van der Waals surface area (Å²) in [7, 11) is -1.27. The number of hydrogen-bond acceptors (Lipinski definition) is 1. The Labute approximate surface area is 133 Å². The monoisotopic (exact) mass is 303 g/mol. The minimum Gasteiger partial charge on any atom is -0.264 e. The summed E-state index contributed by atoms with van der Waals surface area (Å²) >= 11 is 0. The molecule has 0 amide bonds. The summed E-state index contributed by atoms with van der Waals surface area (Å²) in [6, 6.07) is 21.8. The topological polar surface area (TPSA) is 12.9 Å². The molecule has 0 bridgehead atoms. The maximum absolute atomic E-state index is 4.18. The van der Waals surface area contributed by atoms with Crippen molar-refractivity contribution in [2.45, 2.75) is 19.6 Å². The van der Waals surface area contributed by atoms with E-state index >= 15 is 0 Å². The van der Waals surface area contributed by atoms with Crippen molar-refractivity contribution >= 4 is 13.3 Å². The SMILES string of the molecule is C[Si](C)(C)c1cccc(-c2ccc(-c3cccnc3)cc2)c1. The van der Waals surface area contributed by atoms with Crippen molar-refractivity contribution < 1.29 is 0 Å². The fourth-order valence-corrected chi connectivity index (χ4v) is 3.74. The predicted octanol–water partition coefficient (Wildman–Crippen LogP) is 4.96. The maximum Gasteiger partial charge on any atom is 0.0776 e. The smallest absolute Gasteiger partial charge is 0.0776 e. The normalized spacial score (nSPS) is 11.4. The number of pyridine rings is 1. The Kier molecular flexibility index (Phi) is 3.95. The molecule has 0 unspecified atom stereocenters. The molecule has 0 saturated heterocycles. The highest BCUT2D eigenvalue weighted by Gasteiger charge is 2.16. The molecule has 2 heteroatoms. The third-order valence-corrected chi connectivity index (χ3v) is 5.98. The molecule has 1 nitrogen and oxygen atoms in total. The third kappa shape index (κ3) is 3.17. The molecule has 1 aromatic heterocycles. The van der Waals surface area contributed by atoms with Crippen molar-refractivity contribution in [3.8, 4) is 22.3 Å². The fraction of sp³-hybridized carbons (Fsp3) is 0.150. The summed E-state index contributed by atoms with van der Waals surface area (Å²) in [6.07, 6.45) is 3.71. The van der Waals surface area contributed by atoms with E-state index in [0.29, 0.717) is 0 Å². The number of aromatic nitrogens is 1. The Morgan fingerprint density at radius 3 is 1.91 bits per heavy atom. The van der Waals surface area contributed by atoms with Gasteiger partial charge in [-0.3, -0.25) is 4.98 Å². The molecule has 22 heavy (non-hydrogen) atoms. The van der Waals surface area contributed by atoms with Crippen LogP contribution in [0.25, 0.3) is 22.3 Å². The highest BCUT2D eigenvalue weighted by atomic mass is 28.3. The highest BCUT2D eigenvalue weighted by Crippen LogP contribution is 2.24. The van der Waals surface area contributed by atoms with E-state index in [0.717, 1.165) is 5.56 Å². The van der Waals surface area contributed by atoms with Gasteiger partial charge in [-0.05, 0) is 28.3 Å². The summed E-state index contributed by atoms with van der Waals surface area (Å²) in [5.41, 5.74) is 4.94. The Hall–Kier alpha value is -2.19. The van der Waals surface area contributed by atoms with Gasteiger partial charge >= 0.3 is 0 Å². The van der Waals surface area contributed by atoms with Crippen LogP contribution in [0.5, 0.6) is 0 Å². The standard InChI is InChI=1S/C20H21NSi/c1-22(2,3)20-8-4-6-18(14-20)16-9-11-17(12-10-16)19-7-5-13-21-15-19/h4-15H,1-3H3. The van der Waals surface area contributed by atoms with Crippen LogP contribution in [0.15, 0.2) is 73.1 Å². The molecule has 0 radical (unpaired) electrons. The van der Waals surface area contributed by atoms with Crippen molar-refractivity contribution in [1.29, 1.82) is 0 Å². The molecule has 1 heterocycles. The Morgan fingerprint density at radius 2 is 1.32 bits per heavy atom. The van der Waals surface area contributed by atoms with Gasteiger partial charge in [-0.2, -0.15) is 0 Å². The predicted molar refractivity (Wildman–Crippen MR) is 98.1 cm³/mol. The van der Waals surface area contributed by atoms with Gasteiger partial charge in [-0.15, -0.1) is 0 Å². The lowest BCUT2D eigenvalue weighted by atomic mass is 10.0. The highest BCUT2D eigenvalue weighted by molar-refractivity contribution is 6.88. The van der Waals surface area contributed by atoms with E-state index in [9.17, 15) is 0 Å². The Balaban J connectivity index is 1.94. The number of hydrogen-bond donors (Lipinski definition) is 0. The van der Waals surface area contributed by atoms with E-state index in [4.69, 9.17) is 0 Å². The minimum atomic E-state index is -1.27. The molecule has 0 fully saturated rings. The molecule has 0 aliphatic heterocycles. The van der Waals surface area contributed by atoms with Gasteiger partial charge in [0.25, 0.3) is 0 Å². The van der Waals surface area contributed by atoms with E-state index in [1.54, 1.807) is 6.20 Å². The second-order valence-electron chi connectivity index (χ2n) is 6.65. The zero-order valence-electron chi connectivity index (χ0n) is 13.4. The summed E-state index contributed by atoms with van der Waals surface area (Å²) in [5.74, 6) is 0. The van der Waals surface area contributed by atoms with Gasteiger partial charge in [0, 0.05) is 12.4 Å².